The van der Waals surface area contributed by atoms with Gasteiger partial charge in [-0.15, -0.1) is 0 Å². The van der Waals surface area contributed by atoms with Crippen molar-refractivity contribution in [3.05, 3.63) is 18.2 Å². The van der Waals surface area contributed by atoms with Crippen molar-refractivity contribution in [1.29, 1.82) is 0 Å². The molecule has 0 radical (unpaired) electrons. The predicted octanol–water partition coefficient (Wildman–Crippen LogP) is 1.53. The van der Waals surface area contributed by atoms with Crippen LogP contribution in [0.3, 0.4) is 0 Å². The van der Waals surface area contributed by atoms with E-state index in [-0.39, 0.29) is 17.6 Å². The highest BCUT2D eigenvalue weighted by Crippen LogP contribution is 2.37. The summed E-state index contributed by atoms with van der Waals surface area (Å²) in [5.74, 6) is 1.08. The first kappa shape index (κ1) is 12.7. The van der Waals surface area contributed by atoms with Crippen LogP contribution in [-0.4, -0.2) is 45.7 Å². The third-order valence-electron chi connectivity index (χ3n) is 4.59. The van der Waals surface area contributed by atoms with E-state index in [4.69, 9.17) is 4.74 Å². The molecule has 5 heteroatoms. The number of hydrogen-bond acceptors (Lipinski definition) is 3. The van der Waals surface area contributed by atoms with E-state index in [0.717, 1.165) is 44.8 Å². The van der Waals surface area contributed by atoms with Crippen molar-refractivity contribution in [2.45, 2.75) is 44.8 Å². The smallest absolute Gasteiger partial charge is 0.245 e. The molecule has 104 valence electrons. The molecule has 5 nitrogen and oxygen atoms in total. The van der Waals surface area contributed by atoms with Gasteiger partial charge in [0.05, 0.1) is 12.2 Å². The number of piperidine rings is 1. The van der Waals surface area contributed by atoms with E-state index in [2.05, 4.69) is 4.98 Å². The highest BCUT2D eigenvalue weighted by molar-refractivity contribution is 5.80. The molecule has 2 saturated heterocycles. The van der Waals surface area contributed by atoms with Gasteiger partial charge in [0.1, 0.15) is 11.9 Å². The Morgan fingerprint density at radius 3 is 2.58 bits per heavy atom. The number of nitrogens with zero attached hydrogens (tertiary/aromatic N) is 3. The fourth-order valence-electron chi connectivity index (χ4n) is 3.10. The van der Waals surface area contributed by atoms with E-state index in [1.807, 2.05) is 29.5 Å². The molecular formula is C14H21N3O2. The van der Waals surface area contributed by atoms with Gasteiger partial charge in [0.25, 0.3) is 0 Å². The molecule has 1 spiro atoms. The van der Waals surface area contributed by atoms with E-state index in [9.17, 15) is 4.79 Å². The van der Waals surface area contributed by atoms with E-state index < -0.39 is 0 Å². The first-order valence-electron chi connectivity index (χ1n) is 7.03. The summed E-state index contributed by atoms with van der Waals surface area (Å²) in [7, 11) is 0. The zero-order valence-electron chi connectivity index (χ0n) is 11.6. The molecule has 1 amide bonds. The molecule has 2 aliphatic heterocycles. The fraction of sp³-hybridized carbons (Fsp3) is 0.714. The van der Waals surface area contributed by atoms with Crippen LogP contribution in [0.15, 0.2) is 12.4 Å². The maximum absolute atomic E-state index is 12.5. The number of aryl methyl sites for hydroxylation is 1. The third kappa shape index (κ3) is 2.16. The molecule has 0 saturated carbocycles. The van der Waals surface area contributed by atoms with Gasteiger partial charge in [0, 0.05) is 25.5 Å². The molecule has 1 aromatic rings. The van der Waals surface area contributed by atoms with Crippen LogP contribution < -0.4 is 0 Å². The number of amides is 1. The number of carbonyl (C=O) groups is 1. The van der Waals surface area contributed by atoms with Crippen molar-refractivity contribution < 1.29 is 9.53 Å². The van der Waals surface area contributed by atoms with Gasteiger partial charge in [-0.2, -0.15) is 0 Å². The molecule has 19 heavy (non-hydrogen) atoms. The van der Waals surface area contributed by atoms with Gasteiger partial charge in [-0.3, -0.25) is 4.79 Å². The average Bonchev–Trinajstić information content (AvgIpc) is 2.81. The van der Waals surface area contributed by atoms with E-state index in [0.29, 0.717) is 0 Å². The average molecular weight is 263 g/mol. The summed E-state index contributed by atoms with van der Waals surface area (Å²) in [5.41, 5.74) is 0.102. The minimum Gasteiger partial charge on any atom is -0.375 e. The Balaban J connectivity index is 1.63. The highest BCUT2D eigenvalue weighted by Gasteiger charge is 2.42. The quantitative estimate of drug-likeness (QED) is 0.813. The van der Waals surface area contributed by atoms with Crippen molar-refractivity contribution in [3.63, 3.8) is 0 Å². The predicted molar refractivity (Wildman–Crippen MR) is 70.8 cm³/mol. The lowest BCUT2D eigenvalue weighted by atomic mass is 9.84. The Morgan fingerprint density at radius 1 is 1.42 bits per heavy atom. The molecule has 0 N–H and O–H groups in total. The van der Waals surface area contributed by atoms with Crippen LogP contribution >= 0.6 is 0 Å². The highest BCUT2D eigenvalue weighted by atomic mass is 16.5. The molecule has 0 bridgehead atoms. The Hall–Kier alpha value is -1.36. The van der Waals surface area contributed by atoms with Crippen LogP contribution in [0.2, 0.25) is 0 Å². The summed E-state index contributed by atoms with van der Waals surface area (Å²) >= 11 is 0. The van der Waals surface area contributed by atoms with Crippen molar-refractivity contribution in [1.82, 2.24) is 14.5 Å². The molecule has 1 atom stereocenters. The van der Waals surface area contributed by atoms with Crippen LogP contribution in [0.1, 0.15) is 38.1 Å². The van der Waals surface area contributed by atoms with Crippen molar-refractivity contribution in [2.75, 3.05) is 19.7 Å². The first-order chi connectivity index (χ1) is 9.11. The molecule has 1 unspecified atom stereocenters. The summed E-state index contributed by atoms with van der Waals surface area (Å²) in [5, 5.41) is 0. The van der Waals surface area contributed by atoms with Crippen molar-refractivity contribution >= 4 is 5.91 Å². The second-order valence-corrected chi connectivity index (χ2v) is 5.66. The van der Waals surface area contributed by atoms with Crippen molar-refractivity contribution in [3.8, 4) is 0 Å². The second-order valence-electron chi connectivity index (χ2n) is 5.66. The van der Waals surface area contributed by atoms with Crippen LogP contribution in [-0.2, 0) is 9.53 Å². The molecule has 1 aromatic heterocycles. The molecule has 3 heterocycles. The Morgan fingerprint density at radius 2 is 2.11 bits per heavy atom. The van der Waals surface area contributed by atoms with Gasteiger partial charge in [-0.25, -0.2) is 4.98 Å². The first-order valence-corrected chi connectivity index (χ1v) is 7.03. The minimum absolute atomic E-state index is 0.102. The lowest BCUT2D eigenvalue weighted by Crippen LogP contribution is -2.54. The normalized spacial score (nSPS) is 23.2. The zero-order valence-corrected chi connectivity index (χ0v) is 11.6. The third-order valence-corrected chi connectivity index (χ3v) is 4.59. The maximum Gasteiger partial charge on any atom is 0.245 e. The van der Waals surface area contributed by atoms with Gasteiger partial charge >= 0.3 is 0 Å². The minimum atomic E-state index is -0.168. The van der Waals surface area contributed by atoms with Crippen LogP contribution in [0.25, 0.3) is 0 Å². The van der Waals surface area contributed by atoms with Crippen LogP contribution in [0.5, 0.6) is 0 Å². The molecule has 2 fully saturated rings. The van der Waals surface area contributed by atoms with E-state index in [1.54, 1.807) is 6.20 Å². The Labute approximate surface area is 113 Å². The van der Waals surface area contributed by atoms with Gasteiger partial charge < -0.3 is 14.2 Å². The molecule has 2 aliphatic rings. The number of rotatable bonds is 2. The summed E-state index contributed by atoms with van der Waals surface area (Å²) in [4.78, 5) is 18.7. The SMILES string of the molecule is Cc1nccn1C(C)C(=O)N1CCC2(CCO2)CC1. The largest absolute Gasteiger partial charge is 0.375 e. The van der Waals surface area contributed by atoms with Crippen LogP contribution in [0, 0.1) is 6.92 Å². The second kappa shape index (κ2) is 4.63. The number of likely N-dealkylation sites (tertiary alicyclic amines) is 1. The topological polar surface area (TPSA) is 47.4 Å². The maximum atomic E-state index is 12.5. The van der Waals surface area contributed by atoms with Gasteiger partial charge in [-0.1, -0.05) is 0 Å². The monoisotopic (exact) mass is 263 g/mol. The molecule has 0 aliphatic carbocycles. The van der Waals surface area contributed by atoms with Gasteiger partial charge in [0.15, 0.2) is 0 Å². The summed E-state index contributed by atoms with van der Waals surface area (Å²) in [6, 6.07) is -0.168. The molecule has 0 aromatic carbocycles. The summed E-state index contributed by atoms with van der Waals surface area (Å²) < 4.78 is 7.62. The summed E-state index contributed by atoms with van der Waals surface area (Å²) in [6.45, 7) is 6.39. The molecule has 3 rings (SSSR count). The van der Waals surface area contributed by atoms with Gasteiger partial charge in [-0.05, 0) is 33.1 Å². The Bertz CT molecular complexity index is 469. The van der Waals surface area contributed by atoms with Crippen LogP contribution in [0.4, 0.5) is 0 Å². The summed E-state index contributed by atoms with van der Waals surface area (Å²) in [6.07, 6.45) is 6.73. The number of hydrogen-bond donors (Lipinski definition) is 0. The molecular weight excluding hydrogens is 242 g/mol. The van der Waals surface area contributed by atoms with Crippen molar-refractivity contribution in [2.24, 2.45) is 0 Å². The fourth-order valence-corrected chi connectivity index (χ4v) is 3.10. The standard InChI is InChI=1S/C14H21N3O2/c1-11(17-9-6-15-12(17)2)13(18)16-7-3-14(4-8-16)5-10-19-14/h6,9,11H,3-5,7-8,10H2,1-2H3. The number of imidazole rings is 1. The van der Waals surface area contributed by atoms with Gasteiger partial charge in [0.2, 0.25) is 5.91 Å². The number of aromatic nitrogens is 2. The number of ether oxygens (including phenoxy) is 1. The van der Waals surface area contributed by atoms with E-state index >= 15 is 0 Å². The van der Waals surface area contributed by atoms with E-state index in [1.165, 1.54) is 0 Å². The lowest BCUT2D eigenvalue weighted by molar-refractivity contribution is -0.177. The lowest BCUT2D eigenvalue weighted by Gasteiger charge is -2.47. The Kier molecular flexibility index (Phi) is 3.09. The number of carbonyl (C=O) groups excluding carboxylic acids is 1. The zero-order chi connectivity index (χ0) is 13.5.